The van der Waals surface area contributed by atoms with Crippen molar-refractivity contribution in [1.29, 1.82) is 0 Å². The zero-order chi connectivity index (χ0) is 16.2. The van der Waals surface area contributed by atoms with E-state index in [1.165, 1.54) is 24.3 Å². The lowest BCUT2D eigenvalue weighted by Gasteiger charge is -2.25. The van der Waals surface area contributed by atoms with Crippen LogP contribution < -0.4 is 5.32 Å². The van der Waals surface area contributed by atoms with Gasteiger partial charge >= 0.3 is 5.97 Å². The molecule has 1 aromatic carbocycles. The molecule has 0 spiro atoms. The predicted molar refractivity (Wildman–Crippen MR) is 79.8 cm³/mol. The van der Waals surface area contributed by atoms with Crippen LogP contribution in [0.2, 0.25) is 0 Å². The first-order chi connectivity index (χ1) is 10.5. The van der Waals surface area contributed by atoms with Crippen molar-refractivity contribution in [2.24, 2.45) is 0 Å². The lowest BCUT2D eigenvalue weighted by Crippen LogP contribution is -2.52. The molecule has 22 heavy (non-hydrogen) atoms. The average molecular weight is 302 g/mol. The summed E-state index contributed by atoms with van der Waals surface area (Å²) in [6.45, 7) is 3.39. The Hall–Kier alpha value is -2.70. The Morgan fingerprint density at radius 2 is 2.18 bits per heavy atom. The third-order valence-electron chi connectivity index (χ3n) is 3.40. The van der Waals surface area contributed by atoms with E-state index < -0.39 is 17.4 Å². The van der Waals surface area contributed by atoms with E-state index in [4.69, 9.17) is 0 Å². The summed E-state index contributed by atoms with van der Waals surface area (Å²) in [4.78, 5) is 27.6. The van der Waals surface area contributed by atoms with E-state index in [0.29, 0.717) is 24.1 Å². The maximum Gasteiger partial charge on any atom is 0.329 e. The standard InChI is InChI=1S/C15H18N4O3/c1-3-7-15(2,14(21)22)18-13(20)11-5-4-6-12(8-11)19-10-16-9-17-19/h4-6,8-10H,3,7H2,1-2H3,(H,18,20)(H,21,22). The van der Waals surface area contributed by atoms with Gasteiger partial charge in [0, 0.05) is 5.56 Å². The molecule has 7 nitrogen and oxygen atoms in total. The van der Waals surface area contributed by atoms with E-state index in [0.717, 1.165) is 0 Å². The van der Waals surface area contributed by atoms with Gasteiger partial charge in [-0.25, -0.2) is 14.5 Å². The summed E-state index contributed by atoms with van der Waals surface area (Å²) in [6.07, 6.45) is 3.93. The summed E-state index contributed by atoms with van der Waals surface area (Å²) in [7, 11) is 0. The van der Waals surface area contributed by atoms with E-state index in [1.54, 1.807) is 24.3 Å². The molecule has 1 atom stereocenters. The number of rotatable bonds is 6. The van der Waals surface area contributed by atoms with Gasteiger partial charge in [0.2, 0.25) is 0 Å². The van der Waals surface area contributed by atoms with Crippen LogP contribution >= 0.6 is 0 Å². The van der Waals surface area contributed by atoms with Gasteiger partial charge in [-0.15, -0.1) is 0 Å². The molecule has 2 N–H and O–H groups in total. The van der Waals surface area contributed by atoms with Crippen molar-refractivity contribution in [3.8, 4) is 5.69 Å². The van der Waals surface area contributed by atoms with Gasteiger partial charge in [0.1, 0.15) is 18.2 Å². The summed E-state index contributed by atoms with van der Waals surface area (Å²) in [5.41, 5.74) is -0.232. The summed E-state index contributed by atoms with van der Waals surface area (Å²) in [6, 6.07) is 6.76. The van der Waals surface area contributed by atoms with Crippen LogP contribution in [-0.4, -0.2) is 37.3 Å². The number of amides is 1. The SMILES string of the molecule is CCCC(C)(NC(=O)c1cccc(-n2cncn2)c1)C(=O)O. The molecule has 1 aromatic heterocycles. The molecule has 116 valence electrons. The Balaban J connectivity index is 2.23. The smallest absolute Gasteiger partial charge is 0.329 e. The highest BCUT2D eigenvalue weighted by Crippen LogP contribution is 2.15. The van der Waals surface area contributed by atoms with Crippen LogP contribution in [-0.2, 0) is 4.79 Å². The topological polar surface area (TPSA) is 97.1 Å². The van der Waals surface area contributed by atoms with E-state index in [2.05, 4.69) is 15.4 Å². The molecule has 0 aliphatic carbocycles. The fourth-order valence-corrected chi connectivity index (χ4v) is 2.18. The van der Waals surface area contributed by atoms with Crippen molar-refractivity contribution >= 4 is 11.9 Å². The first kappa shape index (κ1) is 15.7. The normalized spacial score (nSPS) is 13.4. The van der Waals surface area contributed by atoms with Crippen molar-refractivity contribution in [3.05, 3.63) is 42.5 Å². The number of nitrogens with one attached hydrogen (secondary N) is 1. The predicted octanol–water partition coefficient (Wildman–Crippen LogP) is 1.64. The quantitative estimate of drug-likeness (QED) is 0.845. The van der Waals surface area contributed by atoms with Gasteiger partial charge in [0.25, 0.3) is 5.91 Å². The summed E-state index contributed by atoms with van der Waals surface area (Å²) in [5.74, 6) is -1.48. The van der Waals surface area contributed by atoms with Gasteiger partial charge in [0.15, 0.2) is 0 Å². The van der Waals surface area contributed by atoms with E-state index in [9.17, 15) is 14.7 Å². The number of carbonyl (C=O) groups is 2. The second-order valence-corrected chi connectivity index (χ2v) is 5.23. The van der Waals surface area contributed by atoms with Crippen molar-refractivity contribution in [2.45, 2.75) is 32.2 Å². The lowest BCUT2D eigenvalue weighted by molar-refractivity contribution is -0.144. The molecule has 1 amide bonds. The number of hydrogen-bond donors (Lipinski definition) is 2. The highest BCUT2D eigenvalue weighted by molar-refractivity contribution is 5.98. The number of benzene rings is 1. The fourth-order valence-electron chi connectivity index (χ4n) is 2.18. The molecule has 2 aromatic rings. The van der Waals surface area contributed by atoms with Crippen molar-refractivity contribution in [3.63, 3.8) is 0 Å². The zero-order valence-corrected chi connectivity index (χ0v) is 12.5. The molecule has 0 fully saturated rings. The van der Waals surface area contributed by atoms with Crippen LogP contribution in [0.5, 0.6) is 0 Å². The number of nitrogens with zero attached hydrogens (tertiary/aromatic N) is 3. The minimum Gasteiger partial charge on any atom is -0.480 e. The average Bonchev–Trinajstić information content (AvgIpc) is 3.01. The molecule has 1 unspecified atom stereocenters. The fraction of sp³-hybridized carbons (Fsp3) is 0.333. The first-order valence-corrected chi connectivity index (χ1v) is 6.97. The van der Waals surface area contributed by atoms with Crippen LogP contribution in [0.1, 0.15) is 37.0 Å². The third kappa shape index (κ3) is 3.30. The molecular formula is C15H18N4O3. The maximum atomic E-state index is 12.3. The highest BCUT2D eigenvalue weighted by Gasteiger charge is 2.34. The minimum absolute atomic E-state index is 0.358. The van der Waals surface area contributed by atoms with Crippen LogP contribution in [0.4, 0.5) is 0 Å². The van der Waals surface area contributed by atoms with Crippen LogP contribution in [0, 0.1) is 0 Å². The van der Waals surface area contributed by atoms with E-state index in [1.807, 2.05) is 6.92 Å². The van der Waals surface area contributed by atoms with Gasteiger partial charge in [-0.3, -0.25) is 4.79 Å². The lowest BCUT2D eigenvalue weighted by atomic mass is 9.95. The second kappa shape index (κ2) is 6.38. The van der Waals surface area contributed by atoms with Crippen LogP contribution in [0.3, 0.4) is 0 Å². The largest absolute Gasteiger partial charge is 0.480 e. The first-order valence-electron chi connectivity index (χ1n) is 6.97. The Bertz CT molecular complexity index is 669. The number of aliphatic carboxylic acids is 1. The molecular weight excluding hydrogens is 284 g/mol. The Morgan fingerprint density at radius 3 is 2.77 bits per heavy atom. The van der Waals surface area contributed by atoms with Gasteiger partial charge in [-0.2, -0.15) is 5.10 Å². The number of carboxylic acid groups (broad SMARTS) is 1. The Kier molecular flexibility index (Phi) is 4.55. The zero-order valence-electron chi connectivity index (χ0n) is 12.5. The molecule has 0 saturated heterocycles. The minimum atomic E-state index is -1.28. The molecule has 0 saturated carbocycles. The summed E-state index contributed by atoms with van der Waals surface area (Å²) >= 11 is 0. The molecule has 0 aliphatic heterocycles. The van der Waals surface area contributed by atoms with Gasteiger partial charge < -0.3 is 10.4 Å². The van der Waals surface area contributed by atoms with Crippen molar-refractivity contribution in [1.82, 2.24) is 20.1 Å². The molecule has 0 bridgehead atoms. The molecule has 2 rings (SSSR count). The molecule has 7 heteroatoms. The van der Waals surface area contributed by atoms with Gasteiger partial charge in [-0.1, -0.05) is 19.4 Å². The molecule has 0 radical (unpaired) electrons. The Labute approximate surface area is 128 Å². The van der Waals surface area contributed by atoms with Crippen LogP contribution in [0.25, 0.3) is 5.69 Å². The Morgan fingerprint density at radius 1 is 1.41 bits per heavy atom. The number of carbonyl (C=O) groups excluding carboxylic acids is 1. The van der Waals surface area contributed by atoms with Gasteiger partial charge in [-0.05, 0) is 31.5 Å². The molecule has 0 aliphatic rings. The monoisotopic (exact) mass is 302 g/mol. The maximum absolute atomic E-state index is 12.3. The van der Waals surface area contributed by atoms with E-state index >= 15 is 0 Å². The van der Waals surface area contributed by atoms with Crippen molar-refractivity contribution in [2.75, 3.05) is 0 Å². The number of aromatic nitrogens is 3. The van der Waals surface area contributed by atoms with Crippen molar-refractivity contribution < 1.29 is 14.7 Å². The van der Waals surface area contributed by atoms with E-state index in [-0.39, 0.29) is 0 Å². The van der Waals surface area contributed by atoms with Crippen LogP contribution in [0.15, 0.2) is 36.9 Å². The third-order valence-corrected chi connectivity index (χ3v) is 3.40. The number of carboxylic acids is 1. The highest BCUT2D eigenvalue weighted by atomic mass is 16.4. The number of hydrogen-bond acceptors (Lipinski definition) is 4. The molecule has 1 heterocycles. The second-order valence-electron chi connectivity index (χ2n) is 5.23. The summed E-state index contributed by atoms with van der Waals surface area (Å²) in [5, 5.41) is 15.9. The van der Waals surface area contributed by atoms with Gasteiger partial charge in [0.05, 0.1) is 5.69 Å². The summed E-state index contributed by atoms with van der Waals surface area (Å²) < 4.78 is 1.53.